The molecule has 0 radical (unpaired) electrons. The van der Waals surface area contributed by atoms with E-state index in [1.54, 1.807) is 0 Å². The van der Waals surface area contributed by atoms with E-state index in [0.29, 0.717) is 25.7 Å². The van der Waals surface area contributed by atoms with Crippen LogP contribution in [-0.4, -0.2) is 89.2 Å². The molecule has 1 fully saturated rings. The SMILES string of the molecule is CC/C=C\C/C=C\C/C=C\C/C=C\CCCCC(=O)OC1C(OCC(COC(=O)CCCCCCCCC/C=C\C/C=C\C/C=C\CC)OC(=O)CCCCCCC/C=C\C/C=C\C/C=C\CC)OC(C(=O)O)C(O)C1O. The van der Waals surface area contributed by atoms with Crippen LogP contribution in [0.5, 0.6) is 0 Å². The molecule has 77 heavy (non-hydrogen) atoms. The Morgan fingerprint density at radius 2 is 0.779 bits per heavy atom. The van der Waals surface area contributed by atoms with Gasteiger partial charge in [0.05, 0.1) is 6.61 Å². The average molecular weight is 1080 g/mol. The van der Waals surface area contributed by atoms with Gasteiger partial charge in [-0.2, -0.15) is 0 Å². The standard InChI is InChI=1S/C65H102O12/c1-4-7-10-13-16-19-22-25-28-29-32-33-36-39-42-45-48-51-57(66)73-54-56(75-58(67)52-49-46-43-40-37-34-30-26-23-20-17-14-11-8-5-2)55-74-65-63(61(70)60(69)62(77-65)64(71)72)76-59(68)53-50-47-44-41-38-35-31-27-24-21-18-15-12-9-6-3/h7-12,16-21,25-28,30-31,38,41,56,60-63,65,69-70H,4-6,13-15,22-24,29,32-37,39-40,42-55H2,1-3H3,(H,71,72)/b10-7-,11-8-,12-9-,19-16-,20-17-,21-18-,28-25-,30-26-,31-27-,41-38-. The first kappa shape index (κ1) is 70.1. The number of carboxylic acids is 1. The van der Waals surface area contributed by atoms with E-state index in [1.165, 1.54) is 6.42 Å². The fourth-order valence-electron chi connectivity index (χ4n) is 8.09. The van der Waals surface area contributed by atoms with E-state index in [-0.39, 0.29) is 25.9 Å². The molecule has 0 aromatic heterocycles. The molecule has 1 rings (SSSR count). The van der Waals surface area contributed by atoms with Crippen LogP contribution in [0.15, 0.2) is 122 Å². The molecule has 12 heteroatoms. The van der Waals surface area contributed by atoms with Crippen LogP contribution < -0.4 is 0 Å². The molecule has 0 saturated carbocycles. The van der Waals surface area contributed by atoms with E-state index in [2.05, 4.69) is 142 Å². The largest absolute Gasteiger partial charge is 0.479 e. The summed E-state index contributed by atoms with van der Waals surface area (Å²) in [7, 11) is 0. The lowest BCUT2D eigenvalue weighted by Crippen LogP contribution is -2.61. The molecule has 0 amide bonds. The highest BCUT2D eigenvalue weighted by molar-refractivity contribution is 5.74. The summed E-state index contributed by atoms with van der Waals surface area (Å²) in [6.07, 6.45) is 58.8. The molecule has 1 heterocycles. The van der Waals surface area contributed by atoms with Gasteiger partial charge < -0.3 is 39.0 Å². The van der Waals surface area contributed by atoms with Crippen LogP contribution in [0.25, 0.3) is 0 Å². The number of ether oxygens (including phenoxy) is 5. The Kier molecular flexibility index (Phi) is 47.2. The van der Waals surface area contributed by atoms with Crippen LogP contribution in [0.3, 0.4) is 0 Å². The highest BCUT2D eigenvalue weighted by atomic mass is 16.7. The van der Waals surface area contributed by atoms with Gasteiger partial charge in [0.15, 0.2) is 24.6 Å². The number of aliphatic hydroxyl groups excluding tert-OH is 2. The summed E-state index contributed by atoms with van der Waals surface area (Å²) in [6.45, 7) is 5.60. The first-order valence-corrected chi connectivity index (χ1v) is 29.5. The molecule has 0 spiro atoms. The van der Waals surface area contributed by atoms with Gasteiger partial charge in [0, 0.05) is 19.3 Å². The number of carboxylic acid groups (broad SMARTS) is 1. The van der Waals surface area contributed by atoms with Crippen molar-refractivity contribution in [2.75, 3.05) is 13.2 Å². The van der Waals surface area contributed by atoms with Gasteiger partial charge in [-0.25, -0.2) is 4.79 Å². The number of hydrogen-bond acceptors (Lipinski definition) is 11. The fourth-order valence-corrected chi connectivity index (χ4v) is 8.09. The van der Waals surface area contributed by atoms with E-state index in [1.807, 2.05) is 0 Å². The van der Waals surface area contributed by atoms with Crippen LogP contribution in [0, 0.1) is 0 Å². The maximum Gasteiger partial charge on any atom is 0.335 e. The molecule has 6 atom stereocenters. The van der Waals surface area contributed by atoms with Gasteiger partial charge in [0.1, 0.15) is 18.8 Å². The van der Waals surface area contributed by atoms with Crippen LogP contribution in [0.2, 0.25) is 0 Å². The van der Waals surface area contributed by atoms with Crippen molar-refractivity contribution in [2.24, 2.45) is 0 Å². The Labute approximate surface area is 465 Å². The zero-order chi connectivity index (χ0) is 56.1. The van der Waals surface area contributed by atoms with Gasteiger partial charge in [-0.15, -0.1) is 0 Å². The van der Waals surface area contributed by atoms with E-state index in [0.717, 1.165) is 141 Å². The molecule has 1 saturated heterocycles. The van der Waals surface area contributed by atoms with Gasteiger partial charge in [-0.1, -0.05) is 194 Å². The number of aliphatic carboxylic acids is 1. The van der Waals surface area contributed by atoms with Crippen LogP contribution in [0.4, 0.5) is 0 Å². The Morgan fingerprint density at radius 3 is 1.21 bits per heavy atom. The first-order chi connectivity index (χ1) is 37.6. The maximum absolute atomic E-state index is 13.2. The van der Waals surface area contributed by atoms with E-state index >= 15 is 0 Å². The fraction of sp³-hybridized carbons (Fsp3) is 0.631. The number of esters is 3. The Hall–Kier alpha value is -4.88. The molecular weight excluding hydrogens is 973 g/mol. The molecular formula is C65H102O12. The van der Waals surface area contributed by atoms with Gasteiger partial charge in [0.2, 0.25) is 0 Å². The van der Waals surface area contributed by atoms with Crippen LogP contribution in [0.1, 0.15) is 213 Å². The molecule has 0 aromatic carbocycles. The maximum atomic E-state index is 13.2. The highest BCUT2D eigenvalue weighted by Crippen LogP contribution is 2.26. The Bertz CT molecular complexity index is 1800. The number of allylic oxidation sites excluding steroid dienone is 20. The predicted octanol–water partition coefficient (Wildman–Crippen LogP) is 15.2. The lowest BCUT2D eigenvalue weighted by Gasteiger charge is -2.40. The monoisotopic (exact) mass is 1070 g/mol. The van der Waals surface area contributed by atoms with E-state index in [9.17, 15) is 34.5 Å². The first-order valence-electron chi connectivity index (χ1n) is 29.5. The van der Waals surface area contributed by atoms with Crippen molar-refractivity contribution in [3.05, 3.63) is 122 Å². The summed E-state index contributed by atoms with van der Waals surface area (Å²) in [6, 6.07) is 0. The molecule has 1 aliphatic rings. The zero-order valence-electron chi connectivity index (χ0n) is 47.7. The Balaban J connectivity index is 2.74. The summed E-state index contributed by atoms with van der Waals surface area (Å²) >= 11 is 0. The molecule has 3 N–H and O–H groups in total. The summed E-state index contributed by atoms with van der Waals surface area (Å²) < 4.78 is 28.4. The second kappa shape index (κ2) is 51.9. The van der Waals surface area contributed by atoms with Gasteiger partial charge in [0.25, 0.3) is 0 Å². The zero-order valence-corrected chi connectivity index (χ0v) is 47.7. The van der Waals surface area contributed by atoms with Crippen molar-refractivity contribution in [1.29, 1.82) is 0 Å². The lowest BCUT2D eigenvalue weighted by atomic mass is 9.98. The van der Waals surface area contributed by atoms with Crippen molar-refractivity contribution in [3.63, 3.8) is 0 Å². The minimum atomic E-state index is -1.93. The molecule has 6 unspecified atom stereocenters. The predicted molar refractivity (Wildman–Crippen MR) is 312 cm³/mol. The highest BCUT2D eigenvalue weighted by Gasteiger charge is 2.50. The van der Waals surface area contributed by atoms with Crippen molar-refractivity contribution >= 4 is 23.9 Å². The molecule has 1 aliphatic heterocycles. The third-order valence-corrected chi connectivity index (χ3v) is 12.5. The van der Waals surface area contributed by atoms with Crippen molar-refractivity contribution in [3.8, 4) is 0 Å². The number of aliphatic hydroxyl groups is 2. The molecule has 0 aromatic rings. The molecule has 12 nitrogen and oxygen atoms in total. The van der Waals surface area contributed by atoms with Crippen molar-refractivity contribution in [1.82, 2.24) is 0 Å². The van der Waals surface area contributed by atoms with Crippen molar-refractivity contribution < 1.29 is 58.2 Å². The second-order valence-electron chi connectivity index (χ2n) is 19.5. The number of carbonyl (C=O) groups excluding carboxylic acids is 3. The molecule has 0 aliphatic carbocycles. The van der Waals surface area contributed by atoms with Crippen LogP contribution in [-0.2, 0) is 42.9 Å². The Morgan fingerprint density at radius 1 is 0.429 bits per heavy atom. The van der Waals surface area contributed by atoms with E-state index in [4.69, 9.17) is 23.7 Å². The summed E-state index contributed by atoms with van der Waals surface area (Å²) in [5, 5.41) is 31.5. The number of unbranched alkanes of at least 4 members (excludes halogenated alkanes) is 14. The summed E-state index contributed by atoms with van der Waals surface area (Å²) in [5.74, 6) is -3.23. The molecule has 0 bridgehead atoms. The number of carbonyl (C=O) groups is 4. The van der Waals surface area contributed by atoms with Gasteiger partial charge in [-0.3, -0.25) is 14.4 Å². The van der Waals surface area contributed by atoms with Gasteiger partial charge >= 0.3 is 23.9 Å². The average Bonchev–Trinajstić information content (AvgIpc) is 3.43. The third kappa shape index (κ3) is 41.8. The normalized spacial score (nSPS) is 18.9. The number of rotatable bonds is 48. The van der Waals surface area contributed by atoms with Gasteiger partial charge in [-0.05, 0) is 122 Å². The second-order valence-corrected chi connectivity index (χ2v) is 19.5. The minimum absolute atomic E-state index is 0.00115. The summed E-state index contributed by atoms with van der Waals surface area (Å²) in [5.41, 5.74) is 0. The smallest absolute Gasteiger partial charge is 0.335 e. The lowest BCUT2D eigenvalue weighted by molar-refractivity contribution is -0.301. The van der Waals surface area contributed by atoms with Crippen molar-refractivity contribution in [2.45, 2.75) is 250 Å². The number of hydrogen-bond donors (Lipinski definition) is 3. The van der Waals surface area contributed by atoms with Crippen LogP contribution >= 0.6 is 0 Å². The topological polar surface area (TPSA) is 175 Å². The third-order valence-electron chi connectivity index (χ3n) is 12.5. The molecule has 434 valence electrons. The quantitative estimate of drug-likeness (QED) is 0.0228. The van der Waals surface area contributed by atoms with E-state index < -0.39 is 67.3 Å². The summed E-state index contributed by atoms with van der Waals surface area (Å²) in [4.78, 5) is 51.1. The minimum Gasteiger partial charge on any atom is -0.479 e.